The number of carbonyl (C=O) groups is 1. The second-order valence-electron chi connectivity index (χ2n) is 4.84. The highest BCUT2D eigenvalue weighted by Gasteiger charge is 2.57. The van der Waals surface area contributed by atoms with E-state index in [0.717, 1.165) is 25.9 Å². The molecular weight excluding hydrogens is 200 g/mol. The van der Waals surface area contributed by atoms with Gasteiger partial charge >= 0.3 is 0 Å². The van der Waals surface area contributed by atoms with Crippen LogP contribution in [-0.4, -0.2) is 25.5 Å². The third kappa shape index (κ3) is 2.38. The summed E-state index contributed by atoms with van der Waals surface area (Å²) in [6, 6.07) is 0. The molecule has 2 aliphatic rings. The van der Waals surface area contributed by atoms with E-state index in [1.54, 1.807) is 0 Å². The summed E-state index contributed by atoms with van der Waals surface area (Å²) in [5.41, 5.74) is 0.353. The van der Waals surface area contributed by atoms with E-state index in [2.05, 4.69) is 22.5 Å². The summed E-state index contributed by atoms with van der Waals surface area (Å²) >= 11 is 0. The molecule has 1 saturated carbocycles. The van der Waals surface area contributed by atoms with Gasteiger partial charge in [0.15, 0.2) is 0 Å². The Kier molecular flexibility index (Phi) is 3.50. The maximum atomic E-state index is 11.9. The van der Waals surface area contributed by atoms with Crippen LogP contribution < -0.4 is 10.6 Å². The standard InChI is InChI=1S/C13H20N2O/c1-2-3-4-7-15-12(16)11-10-13(11)5-8-14-9-6-13/h11,14H,4-10H2,1H3,(H,15,16). The Hall–Kier alpha value is -1.01. The molecule has 0 aromatic heterocycles. The lowest BCUT2D eigenvalue weighted by atomic mass is 9.92. The van der Waals surface area contributed by atoms with E-state index in [1.165, 1.54) is 12.8 Å². The molecular formula is C13H20N2O. The molecule has 1 heterocycles. The van der Waals surface area contributed by atoms with Gasteiger partial charge in [-0.1, -0.05) is 0 Å². The molecule has 3 nitrogen and oxygen atoms in total. The predicted octanol–water partition coefficient (Wildman–Crippen LogP) is 0.906. The highest BCUT2D eigenvalue weighted by atomic mass is 16.2. The molecule has 1 unspecified atom stereocenters. The fourth-order valence-electron chi connectivity index (χ4n) is 2.69. The average molecular weight is 220 g/mol. The van der Waals surface area contributed by atoms with Gasteiger partial charge in [0.2, 0.25) is 5.91 Å². The lowest BCUT2D eigenvalue weighted by Crippen LogP contribution is -2.33. The molecule has 1 aliphatic carbocycles. The van der Waals surface area contributed by atoms with Gasteiger partial charge in [0.1, 0.15) is 0 Å². The molecule has 1 aliphatic heterocycles. The van der Waals surface area contributed by atoms with Gasteiger partial charge in [-0.3, -0.25) is 4.79 Å². The summed E-state index contributed by atoms with van der Waals surface area (Å²) < 4.78 is 0. The van der Waals surface area contributed by atoms with Gasteiger partial charge in [-0.25, -0.2) is 0 Å². The Bertz CT molecular complexity index is 321. The van der Waals surface area contributed by atoms with Gasteiger partial charge in [0, 0.05) is 18.9 Å². The first-order valence-corrected chi connectivity index (χ1v) is 6.16. The molecule has 0 bridgehead atoms. The van der Waals surface area contributed by atoms with Crippen molar-refractivity contribution in [3.8, 4) is 11.8 Å². The molecule has 1 saturated heterocycles. The number of hydrogen-bond acceptors (Lipinski definition) is 2. The van der Waals surface area contributed by atoms with Gasteiger partial charge in [-0.05, 0) is 44.7 Å². The first-order chi connectivity index (χ1) is 7.78. The topological polar surface area (TPSA) is 41.1 Å². The first kappa shape index (κ1) is 11.5. The second-order valence-corrected chi connectivity index (χ2v) is 4.84. The summed E-state index contributed by atoms with van der Waals surface area (Å²) in [4.78, 5) is 11.9. The normalized spacial score (nSPS) is 25.7. The van der Waals surface area contributed by atoms with Crippen LogP contribution in [0.3, 0.4) is 0 Å². The van der Waals surface area contributed by atoms with Crippen molar-refractivity contribution >= 4 is 5.91 Å². The van der Waals surface area contributed by atoms with E-state index in [0.29, 0.717) is 12.0 Å². The third-order valence-electron chi connectivity index (χ3n) is 3.83. The number of amides is 1. The van der Waals surface area contributed by atoms with Crippen LogP contribution >= 0.6 is 0 Å². The van der Waals surface area contributed by atoms with Gasteiger partial charge in [0.25, 0.3) is 0 Å². The van der Waals surface area contributed by atoms with Gasteiger partial charge in [-0.15, -0.1) is 11.8 Å². The molecule has 2 N–H and O–H groups in total. The van der Waals surface area contributed by atoms with Crippen molar-refractivity contribution in [1.29, 1.82) is 0 Å². The molecule has 1 atom stereocenters. The van der Waals surface area contributed by atoms with Crippen LogP contribution in [0.1, 0.15) is 32.6 Å². The monoisotopic (exact) mass is 220 g/mol. The Balaban J connectivity index is 1.72. The van der Waals surface area contributed by atoms with E-state index in [1.807, 2.05) is 6.92 Å². The predicted molar refractivity (Wildman–Crippen MR) is 63.7 cm³/mol. The number of piperidine rings is 1. The Morgan fingerprint density at radius 1 is 1.50 bits per heavy atom. The van der Waals surface area contributed by atoms with Crippen LogP contribution in [0.15, 0.2) is 0 Å². The fraction of sp³-hybridized carbons (Fsp3) is 0.769. The molecule has 0 aromatic rings. The van der Waals surface area contributed by atoms with Gasteiger partial charge in [-0.2, -0.15) is 0 Å². The van der Waals surface area contributed by atoms with E-state index < -0.39 is 0 Å². The van der Waals surface area contributed by atoms with E-state index in [9.17, 15) is 4.79 Å². The molecule has 16 heavy (non-hydrogen) atoms. The minimum Gasteiger partial charge on any atom is -0.355 e. The van der Waals surface area contributed by atoms with Crippen molar-refractivity contribution < 1.29 is 4.79 Å². The maximum Gasteiger partial charge on any atom is 0.223 e. The highest BCUT2D eigenvalue weighted by molar-refractivity contribution is 5.82. The van der Waals surface area contributed by atoms with Gasteiger partial charge in [0.05, 0.1) is 0 Å². The van der Waals surface area contributed by atoms with Crippen LogP contribution in [0, 0.1) is 23.2 Å². The smallest absolute Gasteiger partial charge is 0.223 e. The molecule has 3 heteroatoms. The average Bonchev–Trinajstić information content (AvgIpc) is 2.99. The van der Waals surface area contributed by atoms with Crippen LogP contribution in [0.4, 0.5) is 0 Å². The summed E-state index contributed by atoms with van der Waals surface area (Å²) in [5, 5.41) is 6.34. The lowest BCUT2D eigenvalue weighted by Gasteiger charge is -2.23. The van der Waals surface area contributed by atoms with Gasteiger partial charge < -0.3 is 10.6 Å². The molecule has 1 spiro atoms. The Morgan fingerprint density at radius 3 is 2.94 bits per heavy atom. The van der Waals surface area contributed by atoms with Crippen LogP contribution in [-0.2, 0) is 4.79 Å². The zero-order valence-corrected chi connectivity index (χ0v) is 9.94. The van der Waals surface area contributed by atoms with Crippen LogP contribution in [0.25, 0.3) is 0 Å². The van der Waals surface area contributed by atoms with E-state index in [4.69, 9.17) is 0 Å². The first-order valence-electron chi connectivity index (χ1n) is 6.16. The van der Waals surface area contributed by atoms with E-state index in [-0.39, 0.29) is 11.8 Å². The molecule has 1 amide bonds. The third-order valence-corrected chi connectivity index (χ3v) is 3.83. The molecule has 0 aromatic carbocycles. The number of hydrogen-bond donors (Lipinski definition) is 2. The summed E-state index contributed by atoms with van der Waals surface area (Å²) in [6.07, 6.45) is 4.20. The number of carbonyl (C=O) groups excluding carboxylic acids is 1. The zero-order valence-electron chi connectivity index (χ0n) is 9.94. The minimum absolute atomic E-state index is 0.250. The Morgan fingerprint density at radius 2 is 2.25 bits per heavy atom. The quantitative estimate of drug-likeness (QED) is 0.548. The zero-order chi connectivity index (χ0) is 11.4. The van der Waals surface area contributed by atoms with Crippen molar-refractivity contribution in [2.24, 2.45) is 11.3 Å². The van der Waals surface area contributed by atoms with Crippen molar-refractivity contribution in [1.82, 2.24) is 10.6 Å². The molecule has 2 fully saturated rings. The molecule has 2 rings (SSSR count). The second kappa shape index (κ2) is 4.88. The largest absolute Gasteiger partial charge is 0.355 e. The van der Waals surface area contributed by atoms with Crippen LogP contribution in [0.5, 0.6) is 0 Å². The summed E-state index contributed by atoms with van der Waals surface area (Å²) in [6.45, 7) is 4.67. The lowest BCUT2D eigenvalue weighted by molar-refractivity contribution is -0.123. The van der Waals surface area contributed by atoms with Crippen molar-refractivity contribution in [2.75, 3.05) is 19.6 Å². The number of nitrogens with one attached hydrogen (secondary N) is 2. The van der Waals surface area contributed by atoms with E-state index >= 15 is 0 Å². The van der Waals surface area contributed by atoms with Crippen molar-refractivity contribution in [2.45, 2.75) is 32.6 Å². The molecule has 88 valence electrons. The van der Waals surface area contributed by atoms with Crippen molar-refractivity contribution in [3.05, 3.63) is 0 Å². The minimum atomic E-state index is 0.250. The van der Waals surface area contributed by atoms with Crippen LogP contribution in [0.2, 0.25) is 0 Å². The summed E-state index contributed by atoms with van der Waals surface area (Å²) in [5.74, 6) is 6.32. The Labute approximate surface area is 97.4 Å². The fourth-order valence-corrected chi connectivity index (χ4v) is 2.69. The number of rotatable bonds is 3. The molecule has 0 radical (unpaired) electrons. The summed E-state index contributed by atoms with van der Waals surface area (Å²) in [7, 11) is 0. The highest BCUT2D eigenvalue weighted by Crippen LogP contribution is 2.58. The maximum absolute atomic E-state index is 11.9. The van der Waals surface area contributed by atoms with Crippen molar-refractivity contribution in [3.63, 3.8) is 0 Å². The SMILES string of the molecule is CC#CCCNC(=O)C1CC12CCNCC2.